The quantitative estimate of drug-likeness (QED) is 0.515. The second kappa shape index (κ2) is 6.58. The van der Waals surface area contributed by atoms with E-state index in [0.717, 1.165) is 10.6 Å². The lowest BCUT2D eigenvalue weighted by Gasteiger charge is -2.12. The van der Waals surface area contributed by atoms with Gasteiger partial charge >= 0.3 is 0 Å². The molecule has 2 aromatic rings. The predicted molar refractivity (Wildman–Crippen MR) is 85.9 cm³/mol. The second-order valence-electron chi connectivity index (χ2n) is 4.67. The molecule has 0 spiro atoms. The fraction of sp³-hybridized carbons (Fsp3) is 0.267. The molecular formula is C15H17N3O2S. The number of hydrogen-bond donors (Lipinski definition) is 1. The van der Waals surface area contributed by atoms with Gasteiger partial charge in [-0.25, -0.2) is 0 Å². The third-order valence-electron chi connectivity index (χ3n) is 3.31. The SMILES string of the molecule is CSc1ccccc1NCc1ncc(C)c([N+](=O)[O-])c1C. The van der Waals surface area contributed by atoms with Crippen LogP contribution >= 0.6 is 11.8 Å². The van der Waals surface area contributed by atoms with Crippen molar-refractivity contribution in [3.05, 3.63) is 57.4 Å². The van der Waals surface area contributed by atoms with Gasteiger partial charge in [-0.15, -0.1) is 11.8 Å². The molecular weight excluding hydrogens is 286 g/mol. The van der Waals surface area contributed by atoms with E-state index in [-0.39, 0.29) is 10.6 Å². The van der Waals surface area contributed by atoms with Crippen LogP contribution in [0.25, 0.3) is 0 Å². The molecule has 0 aliphatic heterocycles. The molecule has 0 radical (unpaired) electrons. The van der Waals surface area contributed by atoms with E-state index < -0.39 is 0 Å². The number of thioether (sulfide) groups is 1. The fourth-order valence-corrected chi connectivity index (χ4v) is 2.77. The van der Waals surface area contributed by atoms with Crippen LogP contribution in [0.5, 0.6) is 0 Å². The minimum Gasteiger partial charge on any atom is -0.378 e. The lowest BCUT2D eigenvalue weighted by Crippen LogP contribution is -2.07. The van der Waals surface area contributed by atoms with Crippen molar-refractivity contribution in [2.45, 2.75) is 25.3 Å². The Morgan fingerprint density at radius 2 is 2.05 bits per heavy atom. The average Bonchev–Trinajstić information content (AvgIpc) is 2.46. The van der Waals surface area contributed by atoms with Crippen molar-refractivity contribution < 1.29 is 4.92 Å². The van der Waals surface area contributed by atoms with Crippen molar-refractivity contribution in [2.24, 2.45) is 0 Å². The average molecular weight is 303 g/mol. The number of para-hydroxylation sites is 1. The van der Waals surface area contributed by atoms with E-state index in [0.29, 0.717) is 23.4 Å². The van der Waals surface area contributed by atoms with Crippen molar-refractivity contribution in [3.8, 4) is 0 Å². The molecule has 1 N–H and O–H groups in total. The minimum absolute atomic E-state index is 0.153. The maximum Gasteiger partial charge on any atom is 0.278 e. The molecule has 21 heavy (non-hydrogen) atoms. The molecule has 0 unspecified atom stereocenters. The van der Waals surface area contributed by atoms with Crippen LogP contribution in [0.2, 0.25) is 0 Å². The number of benzene rings is 1. The third-order valence-corrected chi connectivity index (χ3v) is 4.11. The summed E-state index contributed by atoms with van der Waals surface area (Å²) in [6, 6.07) is 7.96. The van der Waals surface area contributed by atoms with Crippen molar-refractivity contribution in [1.82, 2.24) is 4.98 Å². The first kappa shape index (κ1) is 15.3. The molecule has 0 aliphatic rings. The molecule has 0 aliphatic carbocycles. The molecule has 0 saturated heterocycles. The van der Waals surface area contributed by atoms with E-state index >= 15 is 0 Å². The lowest BCUT2D eigenvalue weighted by atomic mass is 10.1. The number of pyridine rings is 1. The Labute approximate surface area is 127 Å². The van der Waals surface area contributed by atoms with Gasteiger partial charge in [0.1, 0.15) is 0 Å². The van der Waals surface area contributed by atoms with Gasteiger partial charge < -0.3 is 5.32 Å². The number of nitrogens with zero attached hydrogens (tertiary/aromatic N) is 2. The Balaban J connectivity index is 2.25. The van der Waals surface area contributed by atoms with E-state index in [1.807, 2.05) is 30.5 Å². The summed E-state index contributed by atoms with van der Waals surface area (Å²) in [4.78, 5) is 16.2. The van der Waals surface area contributed by atoms with Gasteiger partial charge in [0.25, 0.3) is 5.69 Å². The van der Waals surface area contributed by atoms with Crippen molar-refractivity contribution in [2.75, 3.05) is 11.6 Å². The van der Waals surface area contributed by atoms with E-state index in [2.05, 4.69) is 10.3 Å². The molecule has 0 amide bonds. The number of aryl methyl sites for hydroxylation is 1. The van der Waals surface area contributed by atoms with E-state index in [1.54, 1.807) is 31.8 Å². The van der Waals surface area contributed by atoms with Crippen molar-refractivity contribution in [1.29, 1.82) is 0 Å². The number of aromatic nitrogens is 1. The Bertz CT molecular complexity index is 674. The van der Waals surface area contributed by atoms with Crippen LogP contribution in [0.4, 0.5) is 11.4 Å². The van der Waals surface area contributed by atoms with Crippen LogP contribution in [0.15, 0.2) is 35.4 Å². The maximum atomic E-state index is 11.1. The molecule has 1 aromatic heterocycles. The molecule has 0 fully saturated rings. The van der Waals surface area contributed by atoms with Gasteiger partial charge in [0.15, 0.2) is 0 Å². The Morgan fingerprint density at radius 1 is 1.33 bits per heavy atom. The largest absolute Gasteiger partial charge is 0.378 e. The second-order valence-corrected chi connectivity index (χ2v) is 5.52. The summed E-state index contributed by atoms with van der Waals surface area (Å²) in [5, 5.41) is 14.4. The van der Waals surface area contributed by atoms with Gasteiger partial charge in [0, 0.05) is 22.3 Å². The van der Waals surface area contributed by atoms with Crippen LogP contribution < -0.4 is 5.32 Å². The highest BCUT2D eigenvalue weighted by molar-refractivity contribution is 7.98. The molecule has 2 rings (SSSR count). The monoisotopic (exact) mass is 303 g/mol. The number of anilines is 1. The summed E-state index contributed by atoms with van der Waals surface area (Å²) in [5.41, 5.74) is 3.07. The highest BCUT2D eigenvalue weighted by Gasteiger charge is 2.18. The first-order chi connectivity index (χ1) is 10.0. The van der Waals surface area contributed by atoms with E-state index in [9.17, 15) is 10.1 Å². The van der Waals surface area contributed by atoms with Crippen LogP contribution in [0.1, 0.15) is 16.8 Å². The topological polar surface area (TPSA) is 68.1 Å². The molecule has 5 nitrogen and oxygen atoms in total. The third kappa shape index (κ3) is 3.33. The molecule has 110 valence electrons. The van der Waals surface area contributed by atoms with Gasteiger partial charge in [-0.3, -0.25) is 15.1 Å². The van der Waals surface area contributed by atoms with Crippen molar-refractivity contribution >= 4 is 23.1 Å². The predicted octanol–water partition coefficient (Wildman–Crippen LogP) is 3.94. The zero-order valence-electron chi connectivity index (χ0n) is 12.2. The molecule has 0 bridgehead atoms. The van der Waals surface area contributed by atoms with E-state index in [4.69, 9.17) is 0 Å². The van der Waals surface area contributed by atoms with Crippen LogP contribution in [0, 0.1) is 24.0 Å². The number of rotatable bonds is 5. The fourth-order valence-electron chi connectivity index (χ4n) is 2.19. The van der Waals surface area contributed by atoms with Crippen LogP contribution in [-0.2, 0) is 6.54 Å². The molecule has 6 heteroatoms. The Kier molecular flexibility index (Phi) is 4.80. The molecule has 1 heterocycles. The molecule has 0 atom stereocenters. The van der Waals surface area contributed by atoms with Gasteiger partial charge in [-0.05, 0) is 32.2 Å². The maximum absolute atomic E-state index is 11.1. The normalized spacial score (nSPS) is 10.4. The highest BCUT2D eigenvalue weighted by atomic mass is 32.2. The molecule has 0 saturated carbocycles. The zero-order chi connectivity index (χ0) is 15.4. The summed E-state index contributed by atoms with van der Waals surface area (Å²) in [5.74, 6) is 0. The van der Waals surface area contributed by atoms with Crippen molar-refractivity contribution in [3.63, 3.8) is 0 Å². The standard InChI is InChI=1S/C15H17N3O2S/c1-10-8-16-13(11(2)15(10)18(19)20)9-17-12-6-4-5-7-14(12)21-3/h4-8,17H,9H2,1-3H3. The first-order valence-corrected chi connectivity index (χ1v) is 7.73. The number of nitrogens with one attached hydrogen (secondary N) is 1. The van der Waals surface area contributed by atoms with Gasteiger partial charge in [-0.1, -0.05) is 12.1 Å². The van der Waals surface area contributed by atoms with Gasteiger partial charge in [0.05, 0.1) is 22.7 Å². The smallest absolute Gasteiger partial charge is 0.278 e. The summed E-state index contributed by atoms with van der Waals surface area (Å²) < 4.78 is 0. The summed E-state index contributed by atoms with van der Waals surface area (Å²) in [7, 11) is 0. The molecule has 1 aromatic carbocycles. The van der Waals surface area contributed by atoms with E-state index in [1.165, 1.54) is 0 Å². The zero-order valence-corrected chi connectivity index (χ0v) is 13.0. The number of nitro groups is 1. The van der Waals surface area contributed by atoms with Gasteiger partial charge in [0.2, 0.25) is 0 Å². The minimum atomic E-state index is -0.342. The first-order valence-electron chi connectivity index (χ1n) is 6.51. The summed E-state index contributed by atoms with van der Waals surface area (Å²) in [6.07, 6.45) is 3.57. The van der Waals surface area contributed by atoms with Gasteiger partial charge in [-0.2, -0.15) is 0 Å². The number of hydrogen-bond acceptors (Lipinski definition) is 5. The van der Waals surface area contributed by atoms with Crippen LogP contribution in [-0.4, -0.2) is 16.2 Å². The lowest BCUT2D eigenvalue weighted by molar-refractivity contribution is -0.386. The summed E-state index contributed by atoms with van der Waals surface area (Å²) in [6.45, 7) is 3.92. The Hall–Kier alpha value is -2.08. The summed E-state index contributed by atoms with van der Waals surface area (Å²) >= 11 is 1.65. The Morgan fingerprint density at radius 3 is 2.71 bits per heavy atom. The van der Waals surface area contributed by atoms with Crippen LogP contribution in [0.3, 0.4) is 0 Å². The highest BCUT2D eigenvalue weighted by Crippen LogP contribution is 2.27.